The predicted molar refractivity (Wildman–Crippen MR) is 126 cm³/mol. The van der Waals surface area contributed by atoms with E-state index < -0.39 is 5.97 Å². The van der Waals surface area contributed by atoms with Crippen LogP contribution in [0.15, 0.2) is 79.0 Å². The molecular formula is C28H27NO2. The molecule has 3 aromatic carbocycles. The van der Waals surface area contributed by atoms with E-state index >= 15 is 0 Å². The maximum atomic E-state index is 11.2. The fraction of sp³-hybridized carbons (Fsp3) is 0.214. The van der Waals surface area contributed by atoms with Gasteiger partial charge in [-0.1, -0.05) is 80.1 Å². The van der Waals surface area contributed by atoms with Gasteiger partial charge in [0.15, 0.2) is 0 Å². The Morgan fingerprint density at radius 3 is 2.42 bits per heavy atom. The third-order valence-corrected chi connectivity index (χ3v) is 5.78. The van der Waals surface area contributed by atoms with E-state index in [0.29, 0.717) is 0 Å². The number of unbranched alkanes of at least 4 members (excludes halogenated alkanes) is 1. The summed E-state index contributed by atoms with van der Waals surface area (Å²) in [4.78, 5) is 15.9. The quantitative estimate of drug-likeness (QED) is 0.363. The van der Waals surface area contributed by atoms with Crippen molar-refractivity contribution in [3.05, 3.63) is 101 Å². The first-order valence-corrected chi connectivity index (χ1v) is 10.9. The zero-order valence-corrected chi connectivity index (χ0v) is 17.8. The third-order valence-electron chi connectivity index (χ3n) is 5.78. The van der Waals surface area contributed by atoms with Gasteiger partial charge < -0.3 is 5.11 Å². The highest BCUT2D eigenvalue weighted by atomic mass is 16.4. The molecule has 1 aromatic heterocycles. The van der Waals surface area contributed by atoms with Gasteiger partial charge in [0.05, 0.1) is 11.9 Å². The molecule has 0 saturated carbocycles. The number of rotatable bonds is 8. The Morgan fingerprint density at radius 2 is 1.65 bits per heavy atom. The van der Waals surface area contributed by atoms with Gasteiger partial charge in [-0.15, -0.1) is 0 Å². The number of aryl methyl sites for hydroxylation is 1. The van der Waals surface area contributed by atoms with Gasteiger partial charge in [-0.25, -0.2) is 0 Å². The normalized spacial score (nSPS) is 11.0. The molecule has 0 aliphatic heterocycles. The molecule has 0 amide bonds. The fourth-order valence-corrected chi connectivity index (χ4v) is 4.16. The van der Waals surface area contributed by atoms with Gasteiger partial charge in [0, 0.05) is 11.6 Å². The van der Waals surface area contributed by atoms with Crippen LogP contribution in [0.1, 0.15) is 42.0 Å². The van der Waals surface area contributed by atoms with Crippen LogP contribution < -0.4 is 0 Å². The van der Waals surface area contributed by atoms with Crippen LogP contribution in [-0.2, 0) is 24.1 Å². The van der Waals surface area contributed by atoms with Crippen LogP contribution in [0, 0.1) is 0 Å². The Labute approximate surface area is 183 Å². The maximum Gasteiger partial charge on any atom is 0.307 e. The van der Waals surface area contributed by atoms with Crippen LogP contribution in [0.2, 0.25) is 0 Å². The number of benzene rings is 3. The summed E-state index contributed by atoms with van der Waals surface area (Å²) in [5.74, 6) is -0.812. The van der Waals surface area contributed by atoms with Crippen LogP contribution in [0.4, 0.5) is 0 Å². The summed E-state index contributed by atoms with van der Waals surface area (Å²) >= 11 is 0. The Kier molecular flexibility index (Phi) is 6.42. The molecule has 4 rings (SSSR count). The lowest BCUT2D eigenvalue weighted by atomic mass is 9.92. The molecule has 3 nitrogen and oxygen atoms in total. The number of hydrogen-bond donors (Lipinski definition) is 1. The number of hydrogen-bond acceptors (Lipinski definition) is 2. The van der Waals surface area contributed by atoms with E-state index in [9.17, 15) is 9.90 Å². The zero-order valence-electron chi connectivity index (χ0n) is 17.8. The fourth-order valence-electron chi connectivity index (χ4n) is 4.16. The van der Waals surface area contributed by atoms with Crippen LogP contribution >= 0.6 is 0 Å². The van der Waals surface area contributed by atoms with E-state index in [2.05, 4.69) is 54.4 Å². The summed E-state index contributed by atoms with van der Waals surface area (Å²) in [6.45, 7) is 2.22. The number of fused-ring (bicyclic) bond motifs is 1. The third kappa shape index (κ3) is 4.83. The molecule has 0 atom stereocenters. The molecule has 0 bridgehead atoms. The number of pyridine rings is 1. The second kappa shape index (κ2) is 9.57. The minimum absolute atomic E-state index is 0.0295. The molecule has 156 valence electrons. The molecule has 0 radical (unpaired) electrons. The van der Waals surface area contributed by atoms with Crippen molar-refractivity contribution in [1.29, 1.82) is 0 Å². The van der Waals surface area contributed by atoms with E-state index in [0.717, 1.165) is 47.9 Å². The van der Waals surface area contributed by atoms with Crippen molar-refractivity contribution in [1.82, 2.24) is 4.98 Å². The van der Waals surface area contributed by atoms with Gasteiger partial charge in [-0.2, -0.15) is 0 Å². The molecule has 0 unspecified atom stereocenters. The number of para-hydroxylation sites is 1. The second-order valence-electron chi connectivity index (χ2n) is 7.98. The summed E-state index contributed by atoms with van der Waals surface area (Å²) in [7, 11) is 0. The summed E-state index contributed by atoms with van der Waals surface area (Å²) in [6, 6.07) is 24.6. The molecule has 0 spiro atoms. The van der Waals surface area contributed by atoms with Crippen LogP contribution in [-0.4, -0.2) is 16.1 Å². The van der Waals surface area contributed by atoms with E-state index in [1.54, 1.807) is 0 Å². The summed E-state index contributed by atoms with van der Waals surface area (Å²) < 4.78 is 0. The van der Waals surface area contributed by atoms with Gasteiger partial charge in [-0.3, -0.25) is 9.78 Å². The first-order chi connectivity index (χ1) is 15.2. The molecule has 0 aliphatic rings. The molecule has 31 heavy (non-hydrogen) atoms. The number of aromatic nitrogens is 1. The van der Waals surface area contributed by atoms with Gasteiger partial charge in [0.1, 0.15) is 0 Å². The second-order valence-corrected chi connectivity index (χ2v) is 7.98. The SMILES string of the molecule is CCCCc1cnc2ccccc2c1Cc1ccc(-c2ccccc2CC(=O)O)cc1. The van der Waals surface area contributed by atoms with Gasteiger partial charge in [0.2, 0.25) is 0 Å². The van der Waals surface area contributed by atoms with Crippen molar-refractivity contribution in [2.45, 2.75) is 39.0 Å². The van der Waals surface area contributed by atoms with Crippen LogP contribution in [0.5, 0.6) is 0 Å². The van der Waals surface area contributed by atoms with E-state index in [-0.39, 0.29) is 6.42 Å². The first-order valence-electron chi connectivity index (χ1n) is 10.9. The number of nitrogens with zero attached hydrogens (tertiary/aromatic N) is 1. The van der Waals surface area contributed by atoms with Gasteiger partial charge in [-0.05, 0) is 58.7 Å². The van der Waals surface area contributed by atoms with Crippen molar-refractivity contribution >= 4 is 16.9 Å². The number of carbonyl (C=O) groups is 1. The lowest BCUT2D eigenvalue weighted by molar-refractivity contribution is -0.136. The predicted octanol–water partition coefficient (Wildman–Crippen LogP) is 6.46. The molecular weight excluding hydrogens is 382 g/mol. The monoisotopic (exact) mass is 409 g/mol. The number of carboxylic acid groups (broad SMARTS) is 1. The maximum absolute atomic E-state index is 11.2. The average Bonchev–Trinajstić information content (AvgIpc) is 2.79. The first kappa shape index (κ1) is 20.8. The molecule has 0 aliphatic carbocycles. The smallest absolute Gasteiger partial charge is 0.307 e. The summed E-state index contributed by atoms with van der Waals surface area (Å²) in [6.07, 6.45) is 6.30. The average molecular weight is 410 g/mol. The van der Waals surface area contributed by atoms with E-state index in [1.165, 1.54) is 22.1 Å². The Balaban J connectivity index is 1.66. The minimum Gasteiger partial charge on any atom is -0.481 e. The summed E-state index contributed by atoms with van der Waals surface area (Å²) in [5, 5.41) is 10.4. The molecule has 3 heteroatoms. The highest BCUT2D eigenvalue weighted by Crippen LogP contribution is 2.28. The molecule has 4 aromatic rings. The standard InChI is InChI=1S/C28H27NO2/c1-2-3-8-23-19-29-27-12-7-6-11-25(27)26(23)17-20-13-15-21(16-14-20)24-10-5-4-9-22(24)18-28(30)31/h4-7,9-16,19H,2-3,8,17-18H2,1H3,(H,30,31). The van der Waals surface area contributed by atoms with Gasteiger partial charge in [0.25, 0.3) is 0 Å². The highest BCUT2D eigenvalue weighted by molar-refractivity contribution is 5.83. The van der Waals surface area contributed by atoms with Crippen molar-refractivity contribution in [2.24, 2.45) is 0 Å². The minimum atomic E-state index is -0.812. The molecule has 1 N–H and O–H groups in total. The van der Waals surface area contributed by atoms with Crippen molar-refractivity contribution in [3.63, 3.8) is 0 Å². The number of carboxylic acids is 1. The molecule has 0 fully saturated rings. The largest absolute Gasteiger partial charge is 0.481 e. The van der Waals surface area contributed by atoms with Crippen molar-refractivity contribution in [3.8, 4) is 11.1 Å². The topological polar surface area (TPSA) is 50.2 Å². The van der Waals surface area contributed by atoms with Crippen LogP contribution in [0.25, 0.3) is 22.0 Å². The van der Waals surface area contributed by atoms with Crippen molar-refractivity contribution in [2.75, 3.05) is 0 Å². The van der Waals surface area contributed by atoms with E-state index in [1.807, 2.05) is 36.5 Å². The van der Waals surface area contributed by atoms with Gasteiger partial charge >= 0.3 is 5.97 Å². The molecule has 0 saturated heterocycles. The lowest BCUT2D eigenvalue weighted by Gasteiger charge is -2.14. The zero-order chi connectivity index (χ0) is 21.6. The Hall–Kier alpha value is -3.46. The Morgan fingerprint density at radius 1 is 0.903 bits per heavy atom. The lowest BCUT2D eigenvalue weighted by Crippen LogP contribution is -2.02. The van der Waals surface area contributed by atoms with E-state index in [4.69, 9.17) is 0 Å². The van der Waals surface area contributed by atoms with Crippen molar-refractivity contribution < 1.29 is 9.90 Å². The summed E-state index contributed by atoms with van der Waals surface area (Å²) in [5.41, 5.74) is 7.84. The molecule has 1 heterocycles. The Bertz CT molecular complexity index is 1200. The highest BCUT2D eigenvalue weighted by Gasteiger charge is 2.11. The number of aliphatic carboxylic acids is 1. The van der Waals surface area contributed by atoms with Crippen LogP contribution in [0.3, 0.4) is 0 Å².